The van der Waals surface area contributed by atoms with E-state index in [-0.39, 0.29) is 0 Å². The van der Waals surface area contributed by atoms with Gasteiger partial charge in [0.1, 0.15) is 6.07 Å². The lowest BCUT2D eigenvalue weighted by atomic mass is 10.1. The van der Waals surface area contributed by atoms with Gasteiger partial charge in [-0.3, -0.25) is 0 Å². The maximum atomic E-state index is 8.70. The maximum Gasteiger partial charge on any atom is 0.101 e. The normalized spacial score (nSPS) is 10.2. The Morgan fingerprint density at radius 1 is 1.54 bits per heavy atom. The molecule has 0 aliphatic carbocycles. The Morgan fingerprint density at radius 2 is 2.31 bits per heavy atom. The zero-order valence-corrected chi connectivity index (χ0v) is 9.14. The van der Waals surface area contributed by atoms with Crippen molar-refractivity contribution in [2.24, 2.45) is 0 Å². The molecule has 0 fully saturated rings. The Balaban J connectivity index is 3.01. The molecule has 1 aromatic carbocycles. The molecule has 1 rings (SSSR count). The minimum Gasteiger partial charge on any atom is -0.192 e. The minimum atomic E-state index is 0.499. The van der Waals surface area contributed by atoms with E-state index in [2.05, 4.69) is 15.9 Å². The largest absolute Gasteiger partial charge is 0.192 e. The highest BCUT2D eigenvalue weighted by molar-refractivity contribution is 9.09. The van der Waals surface area contributed by atoms with E-state index in [1.54, 1.807) is 12.1 Å². The summed E-state index contributed by atoms with van der Waals surface area (Å²) in [4.78, 5) is 0. The van der Waals surface area contributed by atoms with E-state index in [1.807, 2.05) is 24.3 Å². The van der Waals surface area contributed by atoms with Crippen molar-refractivity contribution in [3.8, 4) is 6.07 Å². The highest BCUT2D eigenvalue weighted by Gasteiger charge is 1.98. The molecule has 0 aromatic heterocycles. The second-order valence-corrected chi connectivity index (χ2v) is 3.46. The van der Waals surface area contributed by atoms with Crippen molar-refractivity contribution in [3.63, 3.8) is 0 Å². The number of nitrogens with zero attached hydrogens (tertiary/aromatic N) is 1. The third kappa shape index (κ3) is 2.87. The molecule has 0 spiro atoms. The molecule has 0 saturated heterocycles. The van der Waals surface area contributed by atoms with Crippen LogP contribution in [0.1, 0.15) is 11.1 Å². The monoisotopic (exact) mass is 255 g/mol. The van der Waals surface area contributed by atoms with Crippen molar-refractivity contribution < 1.29 is 0 Å². The highest BCUT2D eigenvalue weighted by Crippen LogP contribution is 2.17. The first kappa shape index (κ1) is 10.3. The van der Waals surface area contributed by atoms with Crippen molar-refractivity contribution in [2.75, 3.05) is 5.33 Å². The van der Waals surface area contributed by atoms with Crippen LogP contribution in [0.2, 0.25) is 5.02 Å². The van der Waals surface area contributed by atoms with E-state index in [9.17, 15) is 0 Å². The topological polar surface area (TPSA) is 23.8 Å². The summed E-state index contributed by atoms with van der Waals surface area (Å²) in [6.07, 6.45) is 3.90. The van der Waals surface area contributed by atoms with Crippen LogP contribution < -0.4 is 0 Å². The average molecular weight is 257 g/mol. The fourth-order valence-electron chi connectivity index (χ4n) is 0.913. The van der Waals surface area contributed by atoms with Gasteiger partial charge in [0, 0.05) is 5.33 Å². The Labute approximate surface area is 90.8 Å². The summed E-state index contributed by atoms with van der Waals surface area (Å²) >= 11 is 9.05. The Hall–Kier alpha value is -0.780. The first-order valence-electron chi connectivity index (χ1n) is 3.70. The van der Waals surface area contributed by atoms with Gasteiger partial charge in [0.05, 0.1) is 10.6 Å². The van der Waals surface area contributed by atoms with Crippen LogP contribution in [0.15, 0.2) is 24.3 Å². The van der Waals surface area contributed by atoms with E-state index in [1.165, 1.54) is 0 Å². The SMILES string of the molecule is N#Cc1cc(C=CCBr)ccc1Cl. The average Bonchev–Trinajstić information content (AvgIpc) is 2.16. The van der Waals surface area contributed by atoms with Gasteiger partial charge >= 0.3 is 0 Å². The van der Waals surface area contributed by atoms with Crippen molar-refractivity contribution in [1.29, 1.82) is 5.26 Å². The third-order valence-electron chi connectivity index (χ3n) is 1.51. The first-order valence-corrected chi connectivity index (χ1v) is 5.20. The maximum absolute atomic E-state index is 8.70. The van der Waals surface area contributed by atoms with E-state index in [4.69, 9.17) is 16.9 Å². The summed E-state index contributed by atoms with van der Waals surface area (Å²) in [5.41, 5.74) is 1.50. The van der Waals surface area contributed by atoms with Crippen LogP contribution >= 0.6 is 27.5 Å². The van der Waals surface area contributed by atoms with Gasteiger partial charge in [-0.2, -0.15) is 5.26 Å². The highest BCUT2D eigenvalue weighted by atomic mass is 79.9. The van der Waals surface area contributed by atoms with E-state index >= 15 is 0 Å². The number of alkyl halides is 1. The van der Waals surface area contributed by atoms with E-state index in [0.29, 0.717) is 10.6 Å². The molecule has 66 valence electrons. The Bertz CT molecular complexity index is 366. The van der Waals surface area contributed by atoms with Crippen LogP contribution in [0.25, 0.3) is 6.08 Å². The third-order valence-corrected chi connectivity index (χ3v) is 2.21. The summed E-state index contributed by atoms with van der Waals surface area (Å²) in [6.45, 7) is 0. The summed E-state index contributed by atoms with van der Waals surface area (Å²) < 4.78 is 0. The molecule has 0 atom stereocenters. The molecule has 0 saturated carbocycles. The molecule has 0 aliphatic heterocycles. The quantitative estimate of drug-likeness (QED) is 0.742. The molecule has 0 heterocycles. The Kier molecular flexibility index (Phi) is 4.01. The molecular formula is C10H7BrClN. The molecule has 0 aliphatic rings. The molecule has 1 nitrogen and oxygen atoms in total. The molecule has 0 N–H and O–H groups in total. The predicted molar refractivity (Wildman–Crippen MR) is 59.0 cm³/mol. The fourth-order valence-corrected chi connectivity index (χ4v) is 1.26. The lowest BCUT2D eigenvalue weighted by molar-refractivity contribution is 1.48. The lowest BCUT2D eigenvalue weighted by Crippen LogP contribution is -1.79. The van der Waals surface area contributed by atoms with Crippen molar-refractivity contribution in [3.05, 3.63) is 40.4 Å². The van der Waals surface area contributed by atoms with Crippen molar-refractivity contribution >= 4 is 33.6 Å². The molecule has 0 unspecified atom stereocenters. The van der Waals surface area contributed by atoms with Gasteiger partial charge in [0.25, 0.3) is 0 Å². The van der Waals surface area contributed by atoms with Crippen LogP contribution in [-0.2, 0) is 0 Å². The molecule has 1 aromatic rings. The number of rotatable bonds is 2. The van der Waals surface area contributed by atoms with Crippen LogP contribution in [0.4, 0.5) is 0 Å². The Morgan fingerprint density at radius 3 is 2.92 bits per heavy atom. The number of hydrogen-bond donors (Lipinski definition) is 0. The van der Waals surface area contributed by atoms with Gasteiger partial charge in [-0.25, -0.2) is 0 Å². The number of allylic oxidation sites excluding steroid dienone is 1. The van der Waals surface area contributed by atoms with Gasteiger partial charge in [-0.1, -0.05) is 45.7 Å². The van der Waals surface area contributed by atoms with Crippen molar-refractivity contribution in [1.82, 2.24) is 0 Å². The zero-order chi connectivity index (χ0) is 9.68. The van der Waals surface area contributed by atoms with Crippen LogP contribution in [0.3, 0.4) is 0 Å². The van der Waals surface area contributed by atoms with Gasteiger partial charge in [0.2, 0.25) is 0 Å². The number of halogens is 2. The first-order chi connectivity index (χ1) is 6.27. The molecule has 0 radical (unpaired) electrons. The number of benzene rings is 1. The molecule has 0 amide bonds. The van der Waals surface area contributed by atoms with Gasteiger partial charge < -0.3 is 0 Å². The summed E-state index contributed by atoms with van der Waals surface area (Å²) in [7, 11) is 0. The second kappa shape index (κ2) is 5.06. The van der Waals surface area contributed by atoms with E-state index < -0.39 is 0 Å². The fraction of sp³-hybridized carbons (Fsp3) is 0.100. The standard InChI is InChI=1S/C10H7BrClN/c11-5-1-2-8-3-4-10(12)9(6-8)7-13/h1-4,6H,5H2. The summed E-state index contributed by atoms with van der Waals surface area (Å²) in [5.74, 6) is 0. The predicted octanol–water partition coefficient (Wildman–Crippen LogP) is 3.62. The van der Waals surface area contributed by atoms with Gasteiger partial charge in [-0.15, -0.1) is 0 Å². The molecule has 13 heavy (non-hydrogen) atoms. The number of nitriles is 1. The van der Waals surface area contributed by atoms with Crippen LogP contribution in [0.5, 0.6) is 0 Å². The molecule has 0 bridgehead atoms. The van der Waals surface area contributed by atoms with Crippen molar-refractivity contribution in [2.45, 2.75) is 0 Å². The molecular weight excluding hydrogens is 249 g/mol. The number of hydrogen-bond acceptors (Lipinski definition) is 1. The lowest BCUT2D eigenvalue weighted by Gasteiger charge is -1.96. The minimum absolute atomic E-state index is 0.499. The van der Waals surface area contributed by atoms with Gasteiger partial charge in [0.15, 0.2) is 0 Å². The zero-order valence-electron chi connectivity index (χ0n) is 6.80. The van der Waals surface area contributed by atoms with Crippen LogP contribution in [-0.4, -0.2) is 5.33 Å². The summed E-state index contributed by atoms with van der Waals surface area (Å²) in [5, 5.41) is 10.0. The molecule has 3 heteroatoms. The summed E-state index contributed by atoms with van der Waals surface area (Å²) in [6, 6.07) is 7.41. The van der Waals surface area contributed by atoms with Gasteiger partial charge in [-0.05, 0) is 17.7 Å². The van der Waals surface area contributed by atoms with Crippen LogP contribution in [0, 0.1) is 11.3 Å². The smallest absolute Gasteiger partial charge is 0.101 e. The second-order valence-electron chi connectivity index (χ2n) is 2.41. The van der Waals surface area contributed by atoms with E-state index in [0.717, 1.165) is 10.9 Å².